The molecule has 4 nitrogen and oxygen atoms in total. The van der Waals surface area contributed by atoms with Crippen LogP contribution >= 0.6 is 11.8 Å². The van der Waals surface area contributed by atoms with Crippen LogP contribution in [0.2, 0.25) is 0 Å². The quantitative estimate of drug-likeness (QED) is 0.827. The smallest absolute Gasteiger partial charge is 0.120 e. The molecule has 27 heavy (non-hydrogen) atoms. The fraction of sp³-hybridized carbons (Fsp3) is 0.318. The van der Waals surface area contributed by atoms with Gasteiger partial charge in [-0.15, -0.1) is 0 Å². The van der Waals surface area contributed by atoms with E-state index in [4.69, 9.17) is 4.74 Å². The highest BCUT2D eigenvalue weighted by Crippen LogP contribution is 2.50. The van der Waals surface area contributed by atoms with Gasteiger partial charge in [0.1, 0.15) is 11.9 Å². The Hall–Kier alpha value is -2.40. The normalized spacial score (nSPS) is 25.9. The highest BCUT2D eigenvalue weighted by atomic mass is 32.2. The van der Waals surface area contributed by atoms with Crippen molar-refractivity contribution in [1.82, 2.24) is 0 Å². The lowest BCUT2D eigenvalue weighted by Crippen LogP contribution is -2.31. The molecule has 5 heteroatoms. The minimum absolute atomic E-state index is 0.172. The van der Waals surface area contributed by atoms with Gasteiger partial charge >= 0.3 is 0 Å². The number of fused-ring (bicyclic) bond motifs is 3. The predicted molar refractivity (Wildman–Crippen MR) is 105 cm³/mol. The van der Waals surface area contributed by atoms with Gasteiger partial charge in [-0.25, -0.2) is 0 Å². The number of allylic oxidation sites excluding steroid dienone is 2. The molecule has 2 heterocycles. The predicted octanol–water partition coefficient (Wildman–Crippen LogP) is 3.37. The number of hydrogen-bond donors (Lipinski definition) is 1. The lowest BCUT2D eigenvalue weighted by molar-refractivity contribution is -0.255. The maximum Gasteiger partial charge on any atom is 0.120 e. The average Bonchev–Trinajstić information content (AvgIpc) is 3.14. The van der Waals surface area contributed by atoms with Crippen LogP contribution in [-0.4, -0.2) is 23.6 Å². The van der Waals surface area contributed by atoms with E-state index >= 15 is 0 Å². The fourth-order valence-corrected chi connectivity index (χ4v) is 4.87. The molecule has 1 aliphatic carbocycles. The van der Waals surface area contributed by atoms with Crippen LogP contribution in [0.15, 0.2) is 54.6 Å². The summed E-state index contributed by atoms with van der Waals surface area (Å²) in [6, 6.07) is 13.8. The number of rotatable bonds is 4. The lowest BCUT2D eigenvalue weighted by atomic mass is 9.76. The fourth-order valence-electron chi connectivity index (χ4n) is 4.31. The van der Waals surface area contributed by atoms with Crippen molar-refractivity contribution in [3.8, 4) is 5.75 Å². The monoisotopic (exact) mass is 378 g/mol. The third-order valence-electron chi connectivity index (χ3n) is 5.73. The largest absolute Gasteiger partial charge is 0.545 e. The van der Waals surface area contributed by atoms with Crippen molar-refractivity contribution in [2.24, 2.45) is 5.92 Å². The van der Waals surface area contributed by atoms with Gasteiger partial charge in [0.2, 0.25) is 0 Å². The van der Waals surface area contributed by atoms with Crippen LogP contribution in [-0.2, 0) is 0 Å². The van der Waals surface area contributed by atoms with Crippen LogP contribution in [0, 0.1) is 5.92 Å². The third-order valence-corrected chi connectivity index (χ3v) is 6.94. The Labute approximate surface area is 162 Å². The maximum absolute atomic E-state index is 11.3. The Morgan fingerprint density at radius 1 is 1.19 bits per heavy atom. The molecule has 2 aliphatic heterocycles. The molecule has 138 valence electrons. The van der Waals surface area contributed by atoms with Gasteiger partial charge in [0.15, 0.2) is 0 Å². The molecule has 2 aromatic carbocycles. The number of anilines is 1. The Bertz CT molecular complexity index is 922. The maximum atomic E-state index is 11.3. The molecule has 1 N–H and O–H groups in total. The number of ether oxygens (including phenoxy) is 1. The zero-order valence-electron chi connectivity index (χ0n) is 14.8. The summed E-state index contributed by atoms with van der Waals surface area (Å²) < 4.78 is 6.07. The van der Waals surface area contributed by atoms with Gasteiger partial charge < -0.3 is 20.0 Å². The first-order chi connectivity index (χ1) is 13.2. The van der Waals surface area contributed by atoms with Crippen molar-refractivity contribution >= 4 is 23.4 Å². The number of carboxylic acids is 1. The minimum atomic E-state index is -1.13. The minimum Gasteiger partial charge on any atom is -0.545 e. The van der Waals surface area contributed by atoms with Crippen molar-refractivity contribution in [2.75, 3.05) is 16.8 Å². The molecule has 0 amide bonds. The molecule has 0 bridgehead atoms. The second-order valence-corrected chi connectivity index (χ2v) is 8.49. The van der Waals surface area contributed by atoms with Crippen molar-refractivity contribution in [3.05, 3.63) is 71.3 Å². The van der Waals surface area contributed by atoms with Gasteiger partial charge in [0.05, 0.1) is 12.0 Å². The van der Waals surface area contributed by atoms with E-state index in [1.165, 1.54) is 5.56 Å². The van der Waals surface area contributed by atoms with Crippen molar-refractivity contribution in [1.29, 1.82) is 0 Å². The van der Waals surface area contributed by atoms with E-state index in [2.05, 4.69) is 35.7 Å². The second-order valence-electron chi connectivity index (χ2n) is 7.41. The first kappa shape index (κ1) is 16.8. The molecule has 5 rings (SSSR count). The topological polar surface area (TPSA) is 61.4 Å². The summed E-state index contributed by atoms with van der Waals surface area (Å²) in [4.78, 5) is 11.3. The number of hydrogen-bond acceptors (Lipinski definition) is 5. The van der Waals surface area contributed by atoms with Crippen molar-refractivity contribution < 1.29 is 14.6 Å². The summed E-state index contributed by atoms with van der Waals surface area (Å²) in [6.45, 7) is 0. The Balaban J connectivity index is 1.47. The third kappa shape index (κ3) is 3.00. The summed E-state index contributed by atoms with van der Waals surface area (Å²) in [6.07, 6.45) is 5.72. The highest BCUT2D eigenvalue weighted by molar-refractivity contribution is 8.00. The molecular weight excluding hydrogens is 358 g/mol. The number of aromatic carboxylic acids is 1. The van der Waals surface area contributed by atoms with Gasteiger partial charge in [0.25, 0.3) is 0 Å². The molecule has 0 saturated carbocycles. The van der Waals surface area contributed by atoms with E-state index in [1.807, 2.05) is 23.9 Å². The van der Waals surface area contributed by atoms with E-state index < -0.39 is 5.97 Å². The number of nitrogens with one attached hydrogen (secondary N) is 1. The molecular formula is C22H20NO3S-. The lowest BCUT2D eigenvalue weighted by Gasteiger charge is -2.38. The number of carbonyl (C=O) groups is 1. The Morgan fingerprint density at radius 3 is 2.85 bits per heavy atom. The summed E-state index contributed by atoms with van der Waals surface area (Å²) in [7, 11) is 0. The number of benzene rings is 2. The first-order valence-electron chi connectivity index (χ1n) is 9.32. The van der Waals surface area contributed by atoms with Crippen molar-refractivity contribution in [3.63, 3.8) is 0 Å². The molecule has 0 unspecified atom stereocenters. The number of thioether (sulfide) groups is 1. The molecule has 1 fully saturated rings. The summed E-state index contributed by atoms with van der Waals surface area (Å²) in [5, 5.41) is 14.9. The van der Waals surface area contributed by atoms with Gasteiger partial charge in [0, 0.05) is 23.1 Å². The summed E-state index contributed by atoms with van der Waals surface area (Å²) >= 11 is 1.91. The van der Waals surface area contributed by atoms with Gasteiger partial charge in [-0.05, 0) is 53.3 Å². The van der Waals surface area contributed by atoms with E-state index in [9.17, 15) is 9.90 Å². The van der Waals surface area contributed by atoms with Gasteiger partial charge in [-0.1, -0.05) is 30.4 Å². The van der Waals surface area contributed by atoms with E-state index in [0.29, 0.717) is 12.0 Å². The Kier molecular flexibility index (Phi) is 4.12. The Morgan fingerprint density at radius 2 is 2.07 bits per heavy atom. The van der Waals surface area contributed by atoms with Crippen LogP contribution in [0.5, 0.6) is 5.75 Å². The molecule has 0 spiro atoms. The second kappa shape index (κ2) is 6.64. The van der Waals surface area contributed by atoms with Gasteiger partial charge in [-0.2, -0.15) is 11.8 Å². The van der Waals surface area contributed by atoms with Crippen LogP contribution in [0.3, 0.4) is 0 Å². The molecule has 3 aliphatic rings. The van der Waals surface area contributed by atoms with Crippen molar-refractivity contribution in [2.45, 2.75) is 24.5 Å². The number of carbonyl (C=O) groups excluding carboxylic acids is 1. The summed E-state index contributed by atoms with van der Waals surface area (Å²) in [5.41, 5.74) is 3.50. The zero-order chi connectivity index (χ0) is 18.4. The van der Waals surface area contributed by atoms with E-state index in [1.54, 1.807) is 12.1 Å². The highest BCUT2D eigenvalue weighted by Gasteiger charge is 2.38. The summed E-state index contributed by atoms with van der Waals surface area (Å²) in [5.74, 6) is 2.52. The SMILES string of the molecule is O=C([O-])c1ccc2c(c1)[C@H]1C=CC[C@@H]1[C@H](c1cccc(OC3CSC3)c1)N2. The first-order valence-corrected chi connectivity index (χ1v) is 10.5. The molecule has 1 saturated heterocycles. The van der Waals surface area contributed by atoms with Crippen LogP contribution < -0.4 is 15.2 Å². The molecule has 2 aromatic rings. The average molecular weight is 378 g/mol. The van der Waals surface area contributed by atoms with E-state index in [-0.39, 0.29) is 17.5 Å². The molecule has 0 radical (unpaired) electrons. The molecule has 3 atom stereocenters. The van der Waals surface area contributed by atoms with Crippen LogP contribution in [0.4, 0.5) is 5.69 Å². The molecule has 0 aromatic heterocycles. The van der Waals surface area contributed by atoms with Crippen LogP contribution in [0.25, 0.3) is 0 Å². The standard InChI is InChI=1S/C22H21NO3S/c24-22(25)14-7-8-20-19(10-14)17-5-2-6-18(17)21(23-20)13-3-1-4-15(9-13)26-16-11-27-12-16/h1-5,7-10,16-18,21,23H,6,11-12H2,(H,24,25)/p-1/t17-,18-,21-/m0/s1. The van der Waals surface area contributed by atoms with Crippen LogP contribution in [0.1, 0.15) is 39.9 Å². The van der Waals surface area contributed by atoms with Gasteiger partial charge in [-0.3, -0.25) is 0 Å². The number of carboxylic acid groups (broad SMARTS) is 1. The zero-order valence-corrected chi connectivity index (χ0v) is 15.6. The van der Waals surface area contributed by atoms with E-state index in [0.717, 1.165) is 34.9 Å².